The maximum atomic E-state index is 13.5. The first-order valence-corrected chi connectivity index (χ1v) is 6.32. The number of fused-ring (bicyclic) bond motifs is 1. The summed E-state index contributed by atoms with van der Waals surface area (Å²) in [5.74, 6) is -3.11. The van der Waals surface area contributed by atoms with Crippen LogP contribution in [0.5, 0.6) is 0 Å². The SMILES string of the molecule is FC(F)[C@H]1CC(F)(F)CN1c1n[nH]c2cccc(Cl)c12. The minimum atomic E-state index is -3.16. The first kappa shape index (κ1) is 13.5. The first-order chi connectivity index (χ1) is 9.39. The number of aromatic amines is 1. The van der Waals surface area contributed by atoms with Gasteiger partial charge in [0.15, 0.2) is 5.82 Å². The van der Waals surface area contributed by atoms with Gasteiger partial charge in [0.1, 0.15) is 0 Å². The number of benzene rings is 1. The third-order valence-corrected chi connectivity index (χ3v) is 3.71. The summed E-state index contributed by atoms with van der Waals surface area (Å²) in [6.07, 6.45) is -3.76. The Labute approximate surface area is 116 Å². The lowest BCUT2D eigenvalue weighted by molar-refractivity contribution is 0.0111. The highest BCUT2D eigenvalue weighted by atomic mass is 35.5. The molecule has 108 valence electrons. The second-order valence-electron chi connectivity index (χ2n) is 4.80. The summed E-state index contributed by atoms with van der Waals surface area (Å²) in [6, 6.07) is 3.32. The summed E-state index contributed by atoms with van der Waals surface area (Å²) in [6.45, 7) is -0.785. The van der Waals surface area contributed by atoms with E-state index < -0.39 is 31.4 Å². The normalized spacial score (nSPS) is 22.1. The van der Waals surface area contributed by atoms with Crippen molar-refractivity contribution in [2.24, 2.45) is 0 Å². The van der Waals surface area contributed by atoms with Crippen molar-refractivity contribution < 1.29 is 17.6 Å². The predicted molar refractivity (Wildman–Crippen MR) is 67.8 cm³/mol. The molecule has 20 heavy (non-hydrogen) atoms. The Morgan fingerprint density at radius 2 is 2.15 bits per heavy atom. The molecule has 0 bridgehead atoms. The van der Waals surface area contributed by atoms with Crippen LogP contribution < -0.4 is 4.90 Å². The van der Waals surface area contributed by atoms with Gasteiger partial charge in [-0.05, 0) is 12.1 Å². The number of anilines is 1. The lowest BCUT2D eigenvalue weighted by Crippen LogP contribution is -2.35. The quantitative estimate of drug-likeness (QED) is 0.858. The largest absolute Gasteiger partial charge is 0.340 e. The van der Waals surface area contributed by atoms with Crippen molar-refractivity contribution in [3.63, 3.8) is 0 Å². The average molecular weight is 308 g/mol. The molecule has 0 aliphatic carbocycles. The zero-order valence-electron chi connectivity index (χ0n) is 10.1. The average Bonchev–Trinajstić information content (AvgIpc) is 2.90. The monoisotopic (exact) mass is 307 g/mol. The zero-order chi connectivity index (χ0) is 14.5. The number of alkyl halides is 4. The highest BCUT2D eigenvalue weighted by Gasteiger charge is 2.49. The van der Waals surface area contributed by atoms with Crippen LogP contribution in [0.1, 0.15) is 6.42 Å². The molecule has 1 aliphatic rings. The van der Waals surface area contributed by atoms with E-state index in [1.54, 1.807) is 18.2 Å². The first-order valence-electron chi connectivity index (χ1n) is 5.94. The van der Waals surface area contributed by atoms with E-state index in [0.29, 0.717) is 10.9 Å². The summed E-state index contributed by atoms with van der Waals surface area (Å²) < 4.78 is 52.9. The van der Waals surface area contributed by atoms with Gasteiger partial charge in [0.05, 0.1) is 28.5 Å². The maximum absolute atomic E-state index is 13.5. The molecule has 1 aliphatic heterocycles. The summed E-state index contributed by atoms with van der Waals surface area (Å²) in [4.78, 5) is 0.940. The van der Waals surface area contributed by atoms with Gasteiger partial charge < -0.3 is 4.90 Å². The van der Waals surface area contributed by atoms with Crippen LogP contribution in [-0.2, 0) is 0 Å². The van der Waals surface area contributed by atoms with Crippen molar-refractivity contribution in [1.82, 2.24) is 10.2 Å². The number of hydrogen-bond donors (Lipinski definition) is 1. The summed E-state index contributed by atoms with van der Waals surface area (Å²) in [5, 5.41) is 7.19. The van der Waals surface area contributed by atoms with Gasteiger partial charge in [0, 0.05) is 6.42 Å². The molecule has 2 aromatic rings. The molecule has 3 rings (SSSR count). The van der Waals surface area contributed by atoms with Gasteiger partial charge in [-0.2, -0.15) is 5.10 Å². The topological polar surface area (TPSA) is 31.9 Å². The Hall–Kier alpha value is -1.50. The molecular formula is C12H10ClF4N3. The van der Waals surface area contributed by atoms with Gasteiger partial charge in [0.25, 0.3) is 12.3 Å². The van der Waals surface area contributed by atoms with Gasteiger partial charge >= 0.3 is 0 Å². The van der Waals surface area contributed by atoms with Crippen molar-refractivity contribution in [2.75, 3.05) is 11.4 Å². The molecule has 0 amide bonds. The van der Waals surface area contributed by atoms with Crippen LogP contribution in [0.3, 0.4) is 0 Å². The number of hydrogen-bond acceptors (Lipinski definition) is 2. The Kier molecular flexibility index (Phi) is 3.04. The number of nitrogens with one attached hydrogen (secondary N) is 1. The zero-order valence-corrected chi connectivity index (χ0v) is 10.8. The smallest absolute Gasteiger partial charge is 0.267 e. The standard InChI is InChI=1S/C12H10ClF4N3/c13-6-2-1-3-7-9(6)11(19-18-7)20-5-12(16,17)4-8(20)10(14)15/h1-3,8,10H,4-5H2,(H,18,19)/t8-/m1/s1. The van der Waals surface area contributed by atoms with Crippen LogP contribution in [-0.4, -0.2) is 35.1 Å². The molecule has 1 fully saturated rings. The minimum Gasteiger partial charge on any atom is -0.340 e. The van der Waals surface area contributed by atoms with Gasteiger partial charge in [-0.25, -0.2) is 17.6 Å². The van der Waals surface area contributed by atoms with E-state index >= 15 is 0 Å². The Balaban J connectivity index is 2.10. The molecule has 1 aromatic carbocycles. The number of H-pyrrole nitrogens is 1. The third-order valence-electron chi connectivity index (χ3n) is 3.39. The van der Waals surface area contributed by atoms with Crippen LogP contribution in [0, 0.1) is 0 Å². The van der Waals surface area contributed by atoms with E-state index in [9.17, 15) is 17.6 Å². The van der Waals surface area contributed by atoms with Gasteiger partial charge in [-0.15, -0.1) is 0 Å². The van der Waals surface area contributed by atoms with Crippen molar-refractivity contribution in [3.05, 3.63) is 23.2 Å². The molecule has 8 heteroatoms. The fourth-order valence-corrected chi connectivity index (χ4v) is 2.78. The van der Waals surface area contributed by atoms with Crippen molar-refractivity contribution in [2.45, 2.75) is 24.8 Å². The molecule has 0 unspecified atom stereocenters. The molecule has 0 spiro atoms. The van der Waals surface area contributed by atoms with E-state index in [1.165, 1.54) is 0 Å². The van der Waals surface area contributed by atoms with Gasteiger partial charge in [0.2, 0.25) is 0 Å². The molecule has 0 radical (unpaired) electrons. The molecule has 3 nitrogen and oxygen atoms in total. The third kappa shape index (κ3) is 2.09. The number of aromatic nitrogens is 2. The number of nitrogens with zero attached hydrogens (tertiary/aromatic N) is 2. The van der Waals surface area contributed by atoms with Gasteiger partial charge in [-0.3, -0.25) is 5.10 Å². The van der Waals surface area contributed by atoms with Crippen LogP contribution in [0.2, 0.25) is 5.02 Å². The number of halogens is 5. The van der Waals surface area contributed by atoms with Crippen molar-refractivity contribution in [1.29, 1.82) is 0 Å². The Morgan fingerprint density at radius 3 is 2.85 bits per heavy atom. The summed E-state index contributed by atoms with van der Waals surface area (Å²) in [7, 11) is 0. The molecule has 2 heterocycles. The van der Waals surface area contributed by atoms with Crippen molar-refractivity contribution in [3.8, 4) is 0 Å². The second kappa shape index (κ2) is 4.51. The highest BCUT2D eigenvalue weighted by Crippen LogP contribution is 2.41. The molecule has 0 saturated carbocycles. The van der Waals surface area contributed by atoms with E-state index in [-0.39, 0.29) is 10.8 Å². The van der Waals surface area contributed by atoms with Crippen LogP contribution >= 0.6 is 11.6 Å². The van der Waals surface area contributed by atoms with E-state index in [0.717, 1.165) is 4.90 Å². The minimum absolute atomic E-state index is 0.0491. The van der Waals surface area contributed by atoms with Crippen LogP contribution in [0.15, 0.2) is 18.2 Å². The lowest BCUT2D eigenvalue weighted by atomic mass is 10.2. The highest BCUT2D eigenvalue weighted by molar-refractivity contribution is 6.36. The van der Waals surface area contributed by atoms with E-state index in [2.05, 4.69) is 10.2 Å². The van der Waals surface area contributed by atoms with Crippen molar-refractivity contribution >= 4 is 28.3 Å². The summed E-state index contributed by atoms with van der Waals surface area (Å²) in [5.41, 5.74) is 0.524. The molecule has 1 saturated heterocycles. The fraction of sp³-hybridized carbons (Fsp3) is 0.417. The van der Waals surface area contributed by atoms with E-state index in [1.807, 2.05) is 0 Å². The molecule has 1 atom stereocenters. The van der Waals surface area contributed by atoms with Crippen LogP contribution in [0.4, 0.5) is 23.4 Å². The van der Waals surface area contributed by atoms with Crippen LogP contribution in [0.25, 0.3) is 10.9 Å². The Morgan fingerprint density at radius 1 is 1.40 bits per heavy atom. The lowest BCUT2D eigenvalue weighted by Gasteiger charge is -2.23. The molecular weight excluding hydrogens is 298 g/mol. The summed E-state index contributed by atoms with van der Waals surface area (Å²) >= 11 is 6.02. The fourth-order valence-electron chi connectivity index (χ4n) is 2.53. The predicted octanol–water partition coefficient (Wildman–Crippen LogP) is 3.70. The Bertz CT molecular complexity index is 643. The molecule has 1 N–H and O–H groups in total. The second-order valence-corrected chi connectivity index (χ2v) is 5.21. The van der Waals surface area contributed by atoms with E-state index in [4.69, 9.17) is 11.6 Å². The number of rotatable bonds is 2. The molecule has 1 aromatic heterocycles. The van der Waals surface area contributed by atoms with Gasteiger partial charge in [-0.1, -0.05) is 17.7 Å². The maximum Gasteiger partial charge on any atom is 0.267 e.